The van der Waals surface area contributed by atoms with Crippen molar-refractivity contribution in [2.45, 2.75) is 13.3 Å². The number of aryl methyl sites for hydroxylation is 1. The Balaban J connectivity index is 2.32. The minimum absolute atomic E-state index is 0.0166. The molecule has 4 N–H and O–H groups in total. The number of amides is 2. The first-order valence-electron chi connectivity index (χ1n) is 5.95. The van der Waals surface area contributed by atoms with E-state index in [4.69, 9.17) is 5.73 Å². The molecule has 98 valence electrons. The molecule has 2 amide bonds. The standard InChI is InChI=1S/C13H19N3O2/c1-10-3-5-11(6-4-10)13(18)16-9-12(17)15-8-2-7-14/h3-6H,2,7-9,14H2,1H3,(H,15,17)(H,16,18). The second-order valence-corrected chi connectivity index (χ2v) is 4.04. The van der Waals surface area contributed by atoms with Gasteiger partial charge in [-0.3, -0.25) is 9.59 Å². The van der Waals surface area contributed by atoms with E-state index in [1.54, 1.807) is 12.1 Å². The fourth-order valence-corrected chi connectivity index (χ4v) is 1.36. The van der Waals surface area contributed by atoms with Gasteiger partial charge in [-0.05, 0) is 32.0 Å². The maximum atomic E-state index is 11.7. The molecule has 0 fully saturated rings. The summed E-state index contributed by atoms with van der Waals surface area (Å²) in [5.41, 5.74) is 6.94. The predicted octanol–water partition coefficient (Wildman–Crippen LogP) is 0.190. The number of carbonyl (C=O) groups excluding carboxylic acids is 2. The molecule has 1 rings (SSSR count). The molecule has 0 heterocycles. The molecule has 0 aliphatic carbocycles. The van der Waals surface area contributed by atoms with E-state index < -0.39 is 0 Å². The Labute approximate surface area is 107 Å². The van der Waals surface area contributed by atoms with Gasteiger partial charge in [0.25, 0.3) is 5.91 Å². The summed E-state index contributed by atoms with van der Waals surface area (Å²) < 4.78 is 0. The Morgan fingerprint density at radius 3 is 2.44 bits per heavy atom. The van der Waals surface area contributed by atoms with Crippen molar-refractivity contribution in [3.8, 4) is 0 Å². The maximum Gasteiger partial charge on any atom is 0.251 e. The Kier molecular flexibility index (Phi) is 5.87. The summed E-state index contributed by atoms with van der Waals surface area (Å²) in [5, 5.41) is 5.23. The Bertz CT molecular complexity index is 401. The third-order valence-electron chi connectivity index (χ3n) is 2.43. The number of hydrogen-bond acceptors (Lipinski definition) is 3. The normalized spacial score (nSPS) is 9.89. The Hall–Kier alpha value is -1.88. The van der Waals surface area contributed by atoms with Gasteiger partial charge in [0.15, 0.2) is 0 Å². The number of nitrogens with two attached hydrogens (primary N) is 1. The average molecular weight is 249 g/mol. The zero-order valence-corrected chi connectivity index (χ0v) is 10.5. The SMILES string of the molecule is Cc1ccc(C(=O)NCC(=O)NCCCN)cc1. The van der Waals surface area contributed by atoms with Gasteiger partial charge in [0.1, 0.15) is 0 Å². The lowest BCUT2D eigenvalue weighted by atomic mass is 10.1. The molecule has 0 radical (unpaired) electrons. The minimum atomic E-state index is -0.246. The van der Waals surface area contributed by atoms with Gasteiger partial charge in [-0.1, -0.05) is 17.7 Å². The number of benzene rings is 1. The van der Waals surface area contributed by atoms with Crippen LogP contribution in [0.2, 0.25) is 0 Å². The monoisotopic (exact) mass is 249 g/mol. The zero-order valence-electron chi connectivity index (χ0n) is 10.5. The van der Waals surface area contributed by atoms with E-state index >= 15 is 0 Å². The van der Waals surface area contributed by atoms with E-state index in [1.807, 2.05) is 19.1 Å². The third kappa shape index (κ3) is 4.97. The second-order valence-electron chi connectivity index (χ2n) is 4.04. The van der Waals surface area contributed by atoms with Crippen molar-refractivity contribution in [2.75, 3.05) is 19.6 Å². The first-order chi connectivity index (χ1) is 8.63. The van der Waals surface area contributed by atoms with Crippen LogP contribution >= 0.6 is 0 Å². The van der Waals surface area contributed by atoms with Crippen molar-refractivity contribution >= 4 is 11.8 Å². The van der Waals surface area contributed by atoms with Crippen LogP contribution in [0, 0.1) is 6.92 Å². The number of rotatable bonds is 6. The van der Waals surface area contributed by atoms with Crippen LogP contribution in [0.1, 0.15) is 22.3 Å². The van der Waals surface area contributed by atoms with Crippen molar-refractivity contribution in [2.24, 2.45) is 5.73 Å². The largest absolute Gasteiger partial charge is 0.355 e. The molecule has 1 aromatic rings. The third-order valence-corrected chi connectivity index (χ3v) is 2.43. The fraction of sp³-hybridized carbons (Fsp3) is 0.385. The predicted molar refractivity (Wildman–Crippen MR) is 70.2 cm³/mol. The van der Waals surface area contributed by atoms with Crippen molar-refractivity contribution in [1.82, 2.24) is 10.6 Å². The van der Waals surface area contributed by atoms with Gasteiger partial charge in [-0.15, -0.1) is 0 Å². The highest BCUT2D eigenvalue weighted by Gasteiger charge is 2.06. The van der Waals surface area contributed by atoms with E-state index in [1.165, 1.54) is 0 Å². The minimum Gasteiger partial charge on any atom is -0.355 e. The van der Waals surface area contributed by atoms with Crippen molar-refractivity contribution in [1.29, 1.82) is 0 Å². The molecule has 0 spiro atoms. The topological polar surface area (TPSA) is 84.2 Å². The van der Waals surface area contributed by atoms with Crippen LogP contribution in [-0.2, 0) is 4.79 Å². The summed E-state index contributed by atoms with van der Waals surface area (Å²) >= 11 is 0. The fourth-order valence-electron chi connectivity index (χ4n) is 1.36. The van der Waals surface area contributed by atoms with Crippen LogP contribution < -0.4 is 16.4 Å². The molecule has 0 aromatic heterocycles. The first-order valence-corrected chi connectivity index (χ1v) is 5.95. The molecule has 0 atom stereocenters. The lowest BCUT2D eigenvalue weighted by Crippen LogP contribution is -2.37. The van der Waals surface area contributed by atoms with Crippen LogP contribution in [0.3, 0.4) is 0 Å². The molecule has 5 nitrogen and oxygen atoms in total. The zero-order chi connectivity index (χ0) is 13.4. The summed E-state index contributed by atoms with van der Waals surface area (Å²) in [6.45, 7) is 3.01. The van der Waals surface area contributed by atoms with Gasteiger partial charge in [0, 0.05) is 12.1 Å². The molecular weight excluding hydrogens is 230 g/mol. The molecule has 0 saturated heterocycles. The van der Waals surface area contributed by atoms with Gasteiger partial charge in [0.2, 0.25) is 5.91 Å². The van der Waals surface area contributed by atoms with E-state index in [0.717, 1.165) is 12.0 Å². The van der Waals surface area contributed by atoms with Crippen LogP contribution in [0.15, 0.2) is 24.3 Å². The molecule has 0 aliphatic rings. The number of carbonyl (C=O) groups is 2. The van der Waals surface area contributed by atoms with Crippen molar-refractivity contribution < 1.29 is 9.59 Å². The molecule has 0 saturated carbocycles. The maximum absolute atomic E-state index is 11.7. The highest BCUT2D eigenvalue weighted by atomic mass is 16.2. The molecule has 18 heavy (non-hydrogen) atoms. The van der Waals surface area contributed by atoms with E-state index in [2.05, 4.69) is 10.6 Å². The highest BCUT2D eigenvalue weighted by Crippen LogP contribution is 2.02. The molecule has 5 heteroatoms. The summed E-state index contributed by atoms with van der Waals surface area (Å²) in [4.78, 5) is 23.0. The van der Waals surface area contributed by atoms with E-state index in [0.29, 0.717) is 18.7 Å². The first kappa shape index (κ1) is 14.2. The van der Waals surface area contributed by atoms with Gasteiger partial charge in [0.05, 0.1) is 6.54 Å². The Morgan fingerprint density at radius 2 is 1.83 bits per heavy atom. The lowest BCUT2D eigenvalue weighted by Gasteiger charge is -2.06. The summed E-state index contributed by atoms with van der Waals surface area (Å²) in [5.74, 6) is -0.451. The van der Waals surface area contributed by atoms with Gasteiger partial charge in [-0.2, -0.15) is 0 Å². The van der Waals surface area contributed by atoms with Gasteiger partial charge >= 0.3 is 0 Å². The molecular formula is C13H19N3O2. The van der Waals surface area contributed by atoms with Crippen LogP contribution in [0.25, 0.3) is 0 Å². The van der Waals surface area contributed by atoms with Crippen molar-refractivity contribution in [3.05, 3.63) is 35.4 Å². The summed E-state index contributed by atoms with van der Waals surface area (Å²) in [6, 6.07) is 7.18. The van der Waals surface area contributed by atoms with Crippen LogP contribution in [0.4, 0.5) is 0 Å². The van der Waals surface area contributed by atoms with Crippen molar-refractivity contribution in [3.63, 3.8) is 0 Å². The Morgan fingerprint density at radius 1 is 1.17 bits per heavy atom. The number of hydrogen-bond donors (Lipinski definition) is 3. The summed E-state index contributed by atoms with van der Waals surface area (Å²) in [7, 11) is 0. The molecule has 1 aromatic carbocycles. The smallest absolute Gasteiger partial charge is 0.251 e. The molecule has 0 unspecified atom stereocenters. The lowest BCUT2D eigenvalue weighted by molar-refractivity contribution is -0.120. The summed E-state index contributed by atoms with van der Waals surface area (Å²) in [6.07, 6.45) is 0.734. The van der Waals surface area contributed by atoms with E-state index in [-0.39, 0.29) is 18.4 Å². The van der Waals surface area contributed by atoms with Crippen LogP contribution in [0.5, 0.6) is 0 Å². The van der Waals surface area contributed by atoms with Gasteiger partial charge < -0.3 is 16.4 Å². The van der Waals surface area contributed by atoms with E-state index in [9.17, 15) is 9.59 Å². The number of nitrogens with one attached hydrogen (secondary N) is 2. The highest BCUT2D eigenvalue weighted by molar-refractivity contribution is 5.96. The molecule has 0 aliphatic heterocycles. The quantitative estimate of drug-likeness (QED) is 0.629. The second kappa shape index (κ2) is 7.45. The average Bonchev–Trinajstić information content (AvgIpc) is 2.37. The molecule has 0 bridgehead atoms. The van der Waals surface area contributed by atoms with Gasteiger partial charge in [-0.25, -0.2) is 0 Å². The van der Waals surface area contributed by atoms with Crippen LogP contribution in [-0.4, -0.2) is 31.4 Å².